The number of halogens is 3. The number of aliphatic hydroxyl groups excluding tert-OH is 2. The second kappa shape index (κ2) is 4.77. The van der Waals surface area contributed by atoms with Crippen molar-refractivity contribution in [2.45, 2.75) is 24.8 Å². The van der Waals surface area contributed by atoms with Crippen molar-refractivity contribution in [3.63, 3.8) is 0 Å². The highest BCUT2D eigenvalue weighted by molar-refractivity contribution is 5.79. The van der Waals surface area contributed by atoms with Gasteiger partial charge in [-0.05, 0) is 6.92 Å². The molecular weight excluding hydrogens is 221 g/mol. The van der Waals surface area contributed by atoms with Gasteiger partial charge in [-0.3, -0.25) is 0 Å². The third-order valence-electron chi connectivity index (χ3n) is 1.57. The number of rotatable bonds is 4. The summed E-state index contributed by atoms with van der Waals surface area (Å²) in [5, 5.41) is 25.7. The summed E-state index contributed by atoms with van der Waals surface area (Å²) in [4.78, 5) is 10.7. The van der Waals surface area contributed by atoms with Gasteiger partial charge in [0.05, 0.1) is 6.61 Å². The molecule has 15 heavy (non-hydrogen) atoms. The van der Waals surface area contributed by atoms with Crippen LogP contribution in [-0.2, 0) is 9.53 Å². The number of carbonyl (C=O) groups is 1. The average Bonchev–Trinajstić information content (AvgIpc) is 2.11. The van der Waals surface area contributed by atoms with Crippen molar-refractivity contribution in [2.75, 3.05) is 13.2 Å². The molecule has 0 aromatic rings. The van der Waals surface area contributed by atoms with Crippen LogP contribution in [0.1, 0.15) is 6.92 Å². The third-order valence-corrected chi connectivity index (χ3v) is 1.57. The SMILES string of the molecule is CC(O)(C(=O)OCC(O)CO)C(F)(F)F. The zero-order valence-corrected chi connectivity index (χ0v) is 7.78. The summed E-state index contributed by atoms with van der Waals surface area (Å²) in [6.07, 6.45) is -6.63. The van der Waals surface area contributed by atoms with Crippen LogP contribution in [0.15, 0.2) is 0 Å². The Morgan fingerprint density at radius 1 is 1.47 bits per heavy atom. The summed E-state index contributed by atoms with van der Waals surface area (Å²) in [5.41, 5.74) is -3.62. The average molecular weight is 232 g/mol. The van der Waals surface area contributed by atoms with Crippen LogP contribution >= 0.6 is 0 Å². The van der Waals surface area contributed by atoms with Gasteiger partial charge in [0, 0.05) is 0 Å². The summed E-state index contributed by atoms with van der Waals surface area (Å²) in [6.45, 7) is -1.34. The standard InChI is InChI=1S/C7H11F3O5/c1-6(14,7(8,9)10)5(13)15-3-4(12)2-11/h4,11-12,14H,2-3H2,1H3. The Balaban J connectivity index is 4.33. The summed E-state index contributed by atoms with van der Waals surface area (Å²) >= 11 is 0. The number of carbonyl (C=O) groups excluding carboxylic acids is 1. The van der Waals surface area contributed by atoms with Gasteiger partial charge in [0.1, 0.15) is 12.7 Å². The highest BCUT2D eigenvalue weighted by Crippen LogP contribution is 2.30. The maximum Gasteiger partial charge on any atom is 0.427 e. The summed E-state index contributed by atoms with van der Waals surface area (Å²) in [7, 11) is 0. The largest absolute Gasteiger partial charge is 0.460 e. The van der Waals surface area contributed by atoms with Gasteiger partial charge in [-0.2, -0.15) is 13.2 Å². The van der Waals surface area contributed by atoms with Crippen LogP contribution in [0.5, 0.6) is 0 Å². The van der Waals surface area contributed by atoms with E-state index in [1.54, 1.807) is 0 Å². The van der Waals surface area contributed by atoms with E-state index < -0.39 is 37.1 Å². The first-order chi connectivity index (χ1) is 6.63. The number of aliphatic hydroxyl groups is 3. The van der Waals surface area contributed by atoms with Crippen molar-refractivity contribution in [1.82, 2.24) is 0 Å². The second-order valence-electron chi connectivity index (χ2n) is 3.00. The Morgan fingerprint density at radius 2 is 1.93 bits per heavy atom. The first-order valence-corrected chi connectivity index (χ1v) is 3.88. The lowest BCUT2D eigenvalue weighted by molar-refractivity contribution is -0.257. The molecule has 0 aliphatic heterocycles. The van der Waals surface area contributed by atoms with Gasteiger partial charge in [-0.1, -0.05) is 0 Å². The van der Waals surface area contributed by atoms with Crippen LogP contribution in [0, 0.1) is 0 Å². The number of ether oxygens (including phenoxy) is 1. The minimum absolute atomic E-state index is 0.237. The van der Waals surface area contributed by atoms with Crippen molar-refractivity contribution in [3.05, 3.63) is 0 Å². The van der Waals surface area contributed by atoms with E-state index in [2.05, 4.69) is 4.74 Å². The lowest BCUT2D eigenvalue weighted by atomic mass is 10.1. The monoisotopic (exact) mass is 232 g/mol. The molecule has 90 valence electrons. The molecule has 0 heterocycles. The highest BCUT2D eigenvalue weighted by Gasteiger charge is 2.57. The summed E-state index contributed by atoms with van der Waals surface area (Å²) in [6, 6.07) is 0. The minimum Gasteiger partial charge on any atom is -0.460 e. The van der Waals surface area contributed by atoms with Crippen molar-refractivity contribution >= 4 is 5.97 Å². The smallest absolute Gasteiger partial charge is 0.427 e. The van der Waals surface area contributed by atoms with E-state index in [9.17, 15) is 18.0 Å². The maximum atomic E-state index is 12.0. The molecule has 8 heteroatoms. The predicted molar refractivity (Wildman–Crippen MR) is 40.7 cm³/mol. The van der Waals surface area contributed by atoms with E-state index in [1.807, 2.05) is 0 Å². The van der Waals surface area contributed by atoms with Crippen LogP contribution in [0.3, 0.4) is 0 Å². The molecule has 0 bridgehead atoms. The Labute approximate surface area is 83.1 Å². The van der Waals surface area contributed by atoms with Crippen LogP contribution < -0.4 is 0 Å². The van der Waals surface area contributed by atoms with Gasteiger partial charge >= 0.3 is 12.1 Å². The number of hydrogen-bond donors (Lipinski definition) is 3. The van der Waals surface area contributed by atoms with Crippen LogP contribution in [0.4, 0.5) is 13.2 Å². The van der Waals surface area contributed by atoms with Crippen molar-refractivity contribution in [2.24, 2.45) is 0 Å². The van der Waals surface area contributed by atoms with Gasteiger partial charge < -0.3 is 20.1 Å². The van der Waals surface area contributed by atoms with Crippen LogP contribution in [-0.4, -0.2) is 52.4 Å². The molecule has 0 aliphatic rings. The third kappa shape index (κ3) is 3.65. The highest BCUT2D eigenvalue weighted by atomic mass is 19.4. The normalized spacial score (nSPS) is 18.1. The predicted octanol–water partition coefficient (Wildman–Crippen LogP) is -0.804. The van der Waals surface area contributed by atoms with Gasteiger partial charge in [0.2, 0.25) is 0 Å². The van der Waals surface area contributed by atoms with E-state index in [4.69, 9.17) is 15.3 Å². The van der Waals surface area contributed by atoms with Gasteiger partial charge in [-0.15, -0.1) is 0 Å². The fourth-order valence-electron chi connectivity index (χ4n) is 0.481. The molecule has 0 aromatic heterocycles. The quantitative estimate of drug-likeness (QED) is 0.552. The molecule has 0 aliphatic carbocycles. The number of alkyl halides is 3. The Hall–Kier alpha value is -0.860. The zero-order chi connectivity index (χ0) is 12.3. The molecule has 0 saturated heterocycles. The molecule has 0 aromatic carbocycles. The van der Waals surface area contributed by atoms with E-state index >= 15 is 0 Å². The molecule has 0 saturated carbocycles. The Morgan fingerprint density at radius 3 is 2.27 bits per heavy atom. The van der Waals surface area contributed by atoms with Crippen molar-refractivity contribution < 1.29 is 38.0 Å². The fraction of sp³-hybridized carbons (Fsp3) is 0.857. The Kier molecular flexibility index (Phi) is 4.50. The molecule has 2 unspecified atom stereocenters. The van der Waals surface area contributed by atoms with Crippen LogP contribution in [0.2, 0.25) is 0 Å². The summed E-state index contributed by atoms with van der Waals surface area (Å²) < 4.78 is 40.0. The molecule has 5 nitrogen and oxygen atoms in total. The first kappa shape index (κ1) is 14.1. The molecule has 2 atom stereocenters. The molecule has 0 rings (SSSR count). The molecule has 3 N–H and O–H groups in total. The lowest BCUT2D eigenvalue weighted by Gasteiger charge is -2.24. The van der Waals surface area contributed by atoms with Crippen molar-refractivity contribution in [3.8, 4) is 0 Å². The van der Waals surface area contributed by atoms with Crippen molar-refractivity contribution in [1.29, 1.82) is 0 Å². The second-order valence-corrected chi connectivity index (χ2v) is 3.00. The molecule has 0 amide bonds. The number of hydrogen-bond acceptors (Lipinski definition) is 5. The molecule has 0 fully saturated rings. The molecular formula is C7H11F3O5. The molecule has 0 spiro atoms. The first-order valence-electron chi connectivity index (χ1n) is 3.88. The zero-order valence-electron chi connectivity index (χ0n) is 7.78. The van der Waals surface area contributed by atoms with Crippen LogP contribution in [0.25, 0.3) is 0 Å². The Bertz CT molecular complexity index is 225. The van der Waals surface area contributed by atoms with E-state index in [0.717, 1.165) is 0 Å². The summed E-state index contributed by atoms with van der Waals surface area (Å²) in [5.74, 6) is -1.93. The van der Waals surface area contributed by atoms with Gasteiger partial charge in [0.15, 0.2) is 0 Å². The maximum absolute atomic E-state index is 12.0. The number of esters is 1. The van der Waals surface area contributed by atoms with E-state index in [0.29, 0.717) is 0 Å². The van der Waals surface area contributed by atoms with E-state index in [-0.39, 0.29) is 6.92 Å². The van der Waals surface area contributed by atoms with Gasteiger partial charge in [0.25, 0.3) is 5.60 Å². The van der Waals surface area contributed by atoms with E-state index in [1.165, 1.54) is 0 Å². The fourth-order valence-corrected chi connectivity index (χ4v) is 0.481. The van der Waals surface area contributed by atoms with Gasteiger partial charge in [-0.25, -0.2) is 4.79 Å². The minimum atomic E-state index is -5.16. The lowest BCUT2D eigenvalue weighted by Crippen LogP contribution is -2.50. The topological polar surface area (TPSA) is 87.0 Å². The molecule has 0 radical (unpaired) electrons.